The standard InChI is InChI=1S/C10H13ClN2O/c1-6-4-9(14-3)7(5-8(6)11)10(12)13-2/h4-5H,1-3H3,(H2,12,13). The second kappa shape index (κ2) is 4.33. The fourth-order valence-corrected chi connectivity index (χ4v) is 1.31. The Morgan fingerprint density at radius 2 is 2.14 bits per heavy atom. The fourth-order valence-electron chi connectivity index (χ4n) is 1.14. The van der Waals surface area contributed by atoms with E-state index in [4.69, 9.17) is 22.1 Å². The van der Waals surface area contributed by atoms with Crippen LogP contribution < -0.4 is 10.5 Å². The quantitative estimate of drug-likeness (QED) is 0.602. The summed E-state index contributed by atoms with van der Waals surface area (Å²) in [5.74, 6) is 1.11. The van der Waals surface area contributed by atoms with E-state index in [1.54, 1.807) is 20.2 Å². The predicted molar refractivity (Wildman–Crippen MR) is 59.4 cm³/mol. The van der Waals surface area contributed by atoms with Crippen LogP contribution >= 0.6 is 11.6 Å². The van der Waals surface area contributed by atoms with Crippen LogP contribution in [0.25, 0.3) is 0 Å². The highest BCUT2D eigenvalue weighted by molar-refractivity contribution is 6.31. The molecule has 14 heavy (non-hydrogen) atoms. The van der Waals surface area contributed by atoms with Gasteiger partial charge in [-0.2, -0.15) is 0 Å². The molecule has 0 radical (unpaired) electrons. The van der Waals surface area contributed by atoms with Crippen LogP contribution in [0.1, 0.15) is 11.1 Å². The third-order valence-corrected chi connectivity index (χ3v) is 2.40. The molecule has 0 fully saturated rings. The molecule has 1 rings (SSSR count). The number of methoxy groups -OCH3 is 1. The van der Waals surface area contributed by atoms with Crippen LogP contribution in [0.4, 0.5) is 0 Å². The summed E-state index contributed by atoms with van der Waals surface area (Å²) < 4.78 is 5.18. The number of aryl methyl sites for hydroxylation is 1. The molecule has 3 nitrogen and oxygen atoms in total. The Kier molecular flexibility index (Phi) is 3.36. The van der Waals surface area contributed by atoms with Crippen molar-refractivity contribution in [3.8, 4) is 5.75 Å². The molecular weight excluding hydrogens is 200 g/mol. The van der Waals surface area contributed by atoms with Crippen molar-refractivity contribution in [2.24, 2.45) is 10.7 Å². The molecular formula is C10H13ClN2O. The zero-order chi connectivity index (χ0) is 10.7. The molecule has 0 amide bonds. The number of aliphatic imine (C=N–C) groups is 1. The molecule has 0 unspecified atom stereocenters. The van der Waals surface area contributed by atoms with Crippen LogP contribution in [0.3, 0.4) is 0 Å². The van der Waals surface area contributed by atoms with E-state index in [0.717, 1.165) is 11.1 Å². The summed E-state index contributed by atoms with van der Waals surface area (Å²) in [5, 5.41) is 0.660. The lowest BCUT2D eigenvalue weighted by molar-refractivity contribution is 0.413. The molecule has 1 aromatic carbocycles. The molecule has 0 aliphatic heterocycles. The molecule has 0 bridgehead atoms. The summed E-state index contributed by atoms with van der Waals surface area (Å²) in [7, 11) is 3.22. The minimum atomic E-state index is 0.420. The lowest BCUT2D eigenvalue weighted by atomic mass is 10.1. The van der Waals surface area contributed by atoms with Crippen molar-refractivity contribution in [2.75, 3.05) is 14.2 Å². The van der Waals surface area contributed by atoms with Crippen molar-refractivity contribution in [1.29, 1.82) is 0 Å². The van der Waals surface area contributed by atoms with Gasteiger partial charge in [0, 0.05) is 12.1 Å². The zero-order valence-electron chi connectivity index (χ0n) is 8.47. The Morgan fingerprint density at radius 3 is 2.64 bits per heavy atom. The van der Waals surface area contributed by atoms with E-state index in [9.17, 15) is 0 Å². The van der Waals surface area contributed by atoms with Crippen molar-refractivity contribution < 1.29 is 4.74 Å². The highest BCUT2D eigenvalue weighted by Gasteiger charge is 2.09. The van der Waals surface area contributed by atoms with Gasteiger partial charge in [0.2, 0.25) is 0 Å². The van der Waals surface area contributed by atoms with Crippen LogP contribution in [0.2, 0.25) is 5.02 Å². The summed E-state index contributed by atoms with van der Waals surface area (Å²) >= 11 is 5.98. The number of halogens is 1. The Labute approximate surface area is 88.5 Å². The van der Waals surface area contributed by atoms with Gasteiger partial charge in [-0.1, -0.05) is 11.6 Å². The van der Waals surface area contributed by atoms with Gasteiger partial charge < -0.3 is 10.5 Å². The molecule has 0 heterocycles. The van der Waals surface area contributed by atoms with Crippen LogP contribution in [0.15, 0.2) is 17.1 Å². The first kappa shape index (κ1) is 10.9. The lowest BCUT2D eigenvalue weighted by Crippen LogP contribution is -2.14. The number of ether oxygens (including phenoxy) is 1. The van der Waals surface area contributed by atoms with Gasteiger partial charge in [-0.25, -0.2) is 0 Å². The molecule has 0 aromatic heterocycles. The average molecular weight is 213 g/mol. The van der Waals surface area contributed by atoms with Gasteiger partial charge >= 0.3 is 0 Å². The van der Waals surface area contributed by atoms with Gasteiger partial charge in [-0.05, 0) is 24.6 Å². The Morgan fingerprint density at radius 1 is 1.50 bits per heavy atom. The Hall–Kier alpha value is -1.22. The number of benzene rings is 1. The maximum Gasteiger partial charge on any atom is 0.130 e. The highest BCUT2D eigenvalue weighted by Crippen LogP contribution is 2.26. The molecule has 0 saturated carbocycles. The predicted octanol–water partition coefficient (Wildman–Crippen LogP) is 1.99. The van der Waals surface area contributed by atoms with E-state index in [-0.39, 0.29) is 0 Å². The third-order valence-electron chi connectivity index (χ3n) is 2.00. The van der Waals surface area contributed by atoms with Crippen molar-refractivity contribution in [1.82, 2.24) is 0 Å². The molecule has 4 heteroatoms. The van der Waals surface area contributed by atoms with Crippen molar-refractivity contribution >= 4 is 17.4 Å². The topological polar surface area (TPSA) is 47.6 Å². The smallest absolute Gasteiger partial charge is 0.130 e. The van der Waals surface area contributed by atoms with E-state index >= 15 is 0 Å². The van der Waals surface area contributed by atoms with E-state index in [2.05, 4.69) is 4.99 Å². The van der Waals surface area contributed by atoms with Crippen molar-refractivity contribution in [3.63, 3.8) is 0 Å². The first-order valence-electron chi connectivity index (χ1n) is 4.17. The van der Waals surface area contributed by atoms with Gasteiger partial charge in [0.1, 0.15) is 11.6 Å². The molecule has 0 spiro atoms. The minimum absolute atomic E-state index is 0.420. The monoisotopic (exact) mass is 212 g/mol. The lowest BCUT2D eigenvalue weighted by Gasteiger charge is -2.09. The largest absolute Gasteiger partial charge is 0.496 e. The van der Waals surface area contributed by atoms with Gasteiger partial charge in [0.25, 0.3) is 0 Å². The normalized spacial score (nSPS) is 11.6. The van der Waals surface area contributed by atoms with Crippen LogP contribution in [-0.2, 0) is 0 Å². The molecule has 1 aromatic rings. The number of hydrogen-bond acceptors (Lipinski definition) is 2. The number of nitrogens with two attached hydrogens (primary N) is 1. The second-order valence-corrected chi connectivity index (χ2v) is 3.32. The molecule has 0 saturated heterocycles. The maximum atomic E-state index is 5.98. The van der Waals surface area contributed by atoms with Crippen molar-refractivity contribution in [3.05, 3.63) is 28.3 Å². The van der Waals surface area contributed by atoms with Crippen LogP contribution in [-0.4, -0.2) is 20.0 Å². The number of amidine groups is 1. The van der Waals surface area contributed by atoms with E-state index in [1.165, 1.54) is 0 Å². The zero-order valence-corrected chi connectivity index (χ0v) is 9.22. The fraction of sp³-hybridized carbons (Fsp3) is 0.300. The SMILES string of the molecule is CN=C(N)c1cc(Cl)c(C)cc1OC. The number of nitrogens with zero attached hydrogens (tertiary/aromatic N) is 1. The van der Waals surface area contributed by atoms with E-state index in [0.29, 0.717) is 16.6 Å². The van der Waals surface area contributed by atoms with Crippen LogP contribution in [0.5, 0.6) is 5.75 Å². The van der Waals surface area contributed by atoms with Crippen molar-refractivity contribution in [2.45, 2.75) is 6.92 Å². The Balaban J connectivity index is 3.34. The number of hydrogen-bond donors (Lipinski definition) is 1. The van der Waals surface area contributed by atoms with Gasteiger partial charge in [0.05, 0.1) is 12.7 Å². The molecule has 76 valence electrons. The molecule has 0 aliphatic carbocycles. The van der Waals surface area contributed by atoms with Gasteiger partial charge in [-0.3, -0.25) is 4.99 Å². The Bertz CT molecular complexity index is 375. The summed E-state index contributed by atoms with van der Waals surface area (Å²) in [6.45, 7) is 1.91. The summed E-state index contributed by atoms with van der Waals surface area (Å²) in [6.07, 6.45) is 0. The summed E-state index contributed by atoms with van der Waals surface area (Å²) in [4.78, 5) is 3.89. The third kappa shape index (κ3) is 1.99. The average Bonchev–Trinajstić information content (AvgIpc) is 2.20. The van der Waals surface area contributed by atoms with Gasteiger partial charge in [0.15, 0.2) is 0 Å². The first-order chi connectivity index (χ1) is 6.60. The maximum absolute atomic E-state index is 5.98. The van der Waals surface area contributed by atoms with E-state index in [1.807, 2.05) is 13.0 Å². The molecule has 0 aliphatic rings. The number of rotatable bonds is 2. The second-order valence-electron chi connectivity index (χ2n) is 2.91. The van der Waals surface area contributed by atoms with E-state index < -0.39 is 0 Å². The summed E-state index contributed by atoms with van der Waals surface area (Å²) in [6, 6.07) is 3.60. The molecule has 0 atom stereocenters. The summed E-state index contributed by atoms with van der Waals surface area (Å²) in [5.41, 5.74) is 7.38. The minimum Gasteiger partial charge on any atom is -0.496 e. The molecule has 2 N–H and O–H groups in total. The first-order valence-corrected chi connectivity index (χ1v) is 4.54. The van der Waals surface area contributed by atoms with Crippen LogP contribution in [0, 0.1) is 6.92 Å². The highest BCUT2D eigenvalue weighted by atomic mass is 35.5. The van der Waals surface area contributed by atoms with Gasteiger partial charge in [-0.15, -0.1) is 0 Å².